The van der Waals surface area contributed by atoms with Crippen molar-refractivity contribution in [2.45, 2.75) is 51.6 Å². The third kappa shape index (κ3) is 5.08. The summed E-state index contributed by atoms with van der Waals surface area (Å²) in [5, 5.41) is 10.5. The van der Waals surface area contributed by atoms with Crippen molar-refractivity contribution < 1.29 is 5.11 Å². The van der Waals surface area contributed by atoms with Crippen molar-refractivity contribution in [1.82, 2.24) is 4.90 Å². The first-order valence-electron chi connectivity index (χ1n) is 10.3. The first-order chi connectivity index (χ1) is 12.5. The molecule has 0 spiro atoms. The second-order valence-electron chi connectivity index (χ2n) is 8.62. The number of hydrogen-bond donors (Lipinski definition) is 1. The minimum Gasteiger partial charge on any atom is -0.392 e. The van der Waals surface area contributed by atoms with E-state index in [1.165, 1.54) is 49.8 Å². The van der Waals surface area contributed by atoms with Gasteiger partial charge in [-0.25, -0.2) is 0 Å². The zero-order chi connectivity index (χ0) is 18.5. The molecule has 0 aromatic heterocycles. The first kappa shape index (κ1) is 19.4. The van der Waals surface area contributed by atoms with Gasteiger partial charge in [0.25, 0.3) is 0 Å². The number of rotatable bonds is 8. The molecule has 2 nitrogen and oxygen atoms in total. The van der Waals surface area contributed by atoms with Gasteiger partial charge < -0.3 is 10.0 Å². The molecule has 0 radical (unpaired) electrons. The lowest BCUT2D eigenvalue weighted by molar-refractivity contribution is 0.141. The van der Waals surface area contributed by atoms with E-state index in [0.717, 1.165) is 6.42 Å². The predicted octanol–water partition coefficient (Wildman–Crippen LogP) is 5.07. The van der Waals surface area contributed by atoms with Crippen LogP contribution in [0.1, 0.15) is 49.7 Å². The summed E-state index contributed by atoms with van der Waals surface area (Å²) in [5.74, 6) is 1.51. The molecule has 26 heavy (non-hydrogen) atoms. The number of nitrogens with zero attached hydrogens (tertiary/aromatic N) is 1. The molecule has 4 atom stereocenters. The Hall–Kier alpha value is -1.38. The molecule has 142 valence electrons. The lowest BCUT2D eigenvalue weighted by Gasteiger charge is -2.18. The van der Waals surface area contributed by atoms with E-state index in [4.69, 9.17) is 0 Å². The van der Waals surface area contributed by atoms with Gasteiger partial charge in [-0.1, -0.05) is 60.1 Å². The minimum absolute atomic E-state index is 0.177. The third-order valence-electron chi connectivity index (χ3n) is 6.11. The average Bonchev–Trinajstić information content (AvgIpc) is 3.09. The summed E-state index contributed by atoms with van der Waals surface area (Å²) in [6.07, 6.45) is 14.1. The molecule has 0 heterocycles. The monoisotopic (exact) mass is 353 g/mol. The minimum atomic E-state index is -0.177. The van der Waals surface area contributed by atoms with Crippen LogP contribution in [-0.4, -0.2) is 36.8 Å². The maximum Gasteiger partial charge on any atom is 0.0611 e. The van der Waals surface area contributed by atoms with E-state index in [1.807, 2.05) is 0 Å². The van der Waals surface area contributed by atoms with Gasteiger partial charge in [0.05, 0.1) is 6.10 Å². The average molecular weight is 354 g/mol. The Labute approximate surface area is 159 Å². The molecule has 0 bridgehead atoms. The van der Waals surface area contributed by atoms with Crippen LogP contribution in [-0.2, 0) is 0 Å². The highest BCUT2D eigenvalue weighted by molar-refractivity contribution is 5.51. The molecule has 0 saturated heterocycles. The summed E-state index contributed by atoms with van der Waals surface area (Å²) < 4.78 is 0. The molecule has 1 saturated carbocycles. The van der Waals surface area contributed by atoms with Crippen molar-refractivity contribution in [3.63, 3.8) is 0 Å². The van der Waals surface area contributed by atoms with Crippen LogP contribution in [0.5, 0.6) is 0 Å². The van der Waals surface area contributed by atoms with E-state index < -0.39 is 0 Å². The fourth-order valence-electron chi connectivity index (χ4n) is 4.74. The molecular weight excluding hydrogens is 318 g/mol. The highest BCUT2D eigenvalue weighted by atomic mass is 16.3. The standard InChI is InChI=1S/C24H35NO/c1-18-8-7-10-19(14-18)11-12-22-23-16-20(15-21(23)17-24(22)26)9-5-4-6-13-25(2)3/h7-8,10-12,14-15,21-24,26H,4-6,9,13,16-17H2,1-3H3/t21-,22+,23-,24+/m0/s1. The normalized spacial score (nSPS) is 28.1. The summed E-state index contributed by atoms with van der Waals surface area (Å²) in [4.78, 5) is 2.27. The number of benzene rings is 1. The van der Waals surface area contributed by atoms with Gasteiger partial charge >= 0.3 is 0 Å². The largest absolute Gasteiger partial charge is 0.392 e. The fourth-order valence-corrected chi connectivity index (χ4v) is 4.74. The van der Waals surface area contributed by atoms with Gasteiger partial charge in [-0.2, -0.15) is 0 Å². The smallest absolute Gasteiger partial charge is 0.0611 e. The van der Waals surface area contributed by atoms with Crippen molar-refractivity contribution in [3.05, 3.63) is 53.1 Å². The van der Waals surface area contributed by atoms with Gasteiger partial charge in [0.2, 0.25) is 0 Å². The molecule has 2 aliphatic carbocycles. The van der Waals surface area contributed by atoms with Gasteiger partial charge in [0.1, 0.15) is 0 Å². The molecule has 1 N–H and O–H groups in total. The van der Waals surface area contributed by atoms with Crippen molar-refractivity contribution in [3.8, 4) is 0 Å². The molecule has 2 aliphatic rings. The number of aliphatic hydroxyl groups is 1. The molecule has 0 aliphatic heterocycles. The summed E-state index contributed by atoms with van der Waals surface area (Å²) in [6, 6.07) is 8.59. The Balaban J connectivity index is 1.51. The molecule has 1 fully saturated rings. The van der Waals surface area contributed by atoms with E-state index in [2.05, 4.69) is 68.4 Å². The number of allylic oxidation sites excluding steroid dienone is 2. The zero-order valence-corrected chi connectivity index (χ0v) is 16.7. The Morgan fingerprint density at radius 1 is 1.19 bits per heavy atom. The lowest BCUT2D eigenvalue weighted by Crippen LogP contribution is -2.17. The molecule has 3 rings (SSSR count). The topological polar surface area (TPSA) is 23.5 Å². The van der Waals surface area contributed by atoms with Crippen molar-refractivity contribution in [2.24, 2.45) is 17.8 Å². The number of unbranched alkanes of at least 4 members (excludes halogenated alkanes) is 2. The Morgan fingerprint density at radius 3 is 2.81 bits per heavy atom. The zero-order valence-electron chi connectivity index (χ0n) is 16.7. The van der Waals surface area contributed by atoms with Gasteiger partial charge in [-0.3, -0.25) is 0 Å². The van der Waals surface area contributed by atoms with E-state index >= 15 is 0 Å². The number of hydrogen-bond acceptors (Lipinski definition) is 2. The summed E-state index contributed by atoms with van der Waals surface area (Å²) >= 11 is 0. The number of aliphatic hydroxyl groups excluding tert-OH is 1. The molecule has 2 heteroatoms. The van der Waals surface area contributed by atoms with Crippen molar-refractivity contribution >= 4 is 6.08 Å². The molecule has 1 aromatic carbocycles. The quantitative estimate of drug-likeness (QED) is 0.521. The van der Waals surface area contributed by atoms with E-state index in [-0.39, 0.29) is 6.10 Å². The van der Waals surface area contributed by atoms with E-state index in [9.17, 15) is 5.11 Å². The van der Waals surface area contributed by atoms with Crippen molar-refractivity contribution in [1.29, 1.82) is 0 Å². The van der Waals surface area contributed by atoms with Crippen LogP contribution >= 0.6 is 0 Å². The van der Waals surface area contributed by atoms with Crippen molar-refractivity contribution in [2.75, 3.05) is 20.6 Å². The Bertz CT molecular complexity index is 645. The molecular formula is C24H35NO. The van der Waals surface area contributed by atoms with Crippen LogP contribution in [0.2, 0.25) is 0 Å². The van der Waals surface area contributed by atoms with Crippen LogP contribution in [0.25, 0.3) is 6.08 Å². The second kappa shape index (κ2) is 9.01. The molecule has 0 unspecified atom stereocenters. The molecule has 0 amide bonds. The van der Waals surface area contributed by atoms with Crippen LogP contribution < -0.4 is 0 Å². The lowest BCUT2D eigenvalue weighted by atomic mass is 9.88. The summed E-state index contributed by atoms with van der Waals surface area (Å²) in [6.45, 7) is 3.33. The fraction of sp³-hybridized carbons (Fsp3) is 0.583. The summed E-state index contributed by atoms with van der Waals surface area (Å²) in [7, 11) is 4.30. The highest BCUT2D eigenvalue weighted by Crippen LogP contribution is 2.48. The van der Waals surface area contributed by atoms with Crippen LogP contribution in [0.3, 0.4) is 0 Å². The van der Waals surface area contributed by atoms with Gasteiger partial charge in [-0.15, -0.1) is 0 Å². The van der Waals surface area contributed by atoms with E-state index in [0.29, 0.717) is 17.8 Å². The highest BCUT2D eigenvalue weighted by Gasteiger charge is 2.43. The Kier molecular flexibility index (Phi) is 6.72. The Morgan fingerprint density at radius 2 is 2.04 bits per heavy atom. The predicted molar refractivity (Wildman–Crippen MR) is 111 cm³/mol. The molecule has 1 aromatic rings. The number of aryl methyl sites for hydroxylation is 1. The number of fused-ring (bicyclic) bond motifs is 1. The SMILES string of the molecule is Cc1cccc(C=C[C@@H]2[C@H]3CC(CCCCCN(C)C)=C[C@H]3C[C@H]2O)c1. The maximum atomic E-state index is 10.5. The first-order valence-corrected chi connectivity index (χ1v) is 10.3. The third-order valence-corrected chi connectivity index (χ3v) is 6.11. The van der Waals surface area contributed by atoms with Gasteiger partial charge in [-0.05, 0) is 77.1 Å². The second-order valence-corrected chi connectivity index (χ2v) is 8.62. The van der Waals surface area contributed by atoms with Gasteiger partial charge in [0.15, 0.2) is 0 Å². The van der Waals surface area contributed by atoms with Gasteiger partial charge in [0, 0.05) is 5.92 Å². The van der Waals surface area contributed by atoms with E-state index in [1.54, 1.807) is 5.57 Å². The van der Waals surface area contributed by atoms with Crippen LogP contribution in [0, 0.1) is 24.7 Å². The van der Waals surface area contributed by atoms with Crippen LogP contribution in [0.4, 0.5) is 0 Å². The maximum absolute atomic E-state index is 10.5. The summed E-state index contributed by atoms with van der Waals surface area (Å²) in [5.41, 5.74) is 4.18. The van der Waals surface area contributed by atoms with Crippen LogP contribution in [0.15, 0.2) is 42.0 Å².